The normalized spacial score (nSPS) is 19.3. The molecule has 0 N–H and O–H groups in total. The van der Waals surface area contributed by atoms with Gasteiger partial charge in [0.05, 0.1) is 55.7 Å². The van der Waals surface area contributed by atoms with Gasteiger partial charge in [-0.15, -0.1) is 23.5 Å². The standard InChI is InChI=1S/C23H30N4O2S.C20H18N4O2S/c1-2-25-10-5-6-17(9-11-25)27-22-18-7-3-4-8-20(18)30-16-19(22)21(24-27)23(28)26-12-14-29-15-13-26;25-20(23-8-10-26-11-9-23)18-16-13-27-17-6-2-1-5-15(17)19(16)24(22-18)14-4-3-7-21-12-14/h3-4,7-8,17H,2,5-6,9-16H2,1H3;1-7,12H,8-11,13H2. The van der Waals surface area contributed by atoms with Gasteiger partial charge in [0, 0.05) is 82.5 Å². The van der Waals surface area contributed by atoms with Crippen molar-refractivity contribution in [3.63, 3.8) is 0 Å². The van der Waals surface area contributed by atoms with E-state index in [0.29, 0.717) is 70.0 Å². The molecule has 10 rings (SSSR count). The molecule has 14 heteroatoms. The maximum absolute atomic E-state index is 13.4. The third kappa shape index (κ3) is 7.65. The summed E-state index contributed by atoms with van der Waals surface area (Å²) in [6, 6.07) is 21.1. The van der Waals surface area contributed by atoms with E-state index in [9.17, 15) is 9.59 Å². The largest absolute Gasteiger partial charge is 0.378 e. The van der Waals surface area contributed by atoms with Crippen LogP contribution < -0.4 is 0 Å². The first-order valence-corrected chi connectivity index (χ1v) is 22.1. The van der Waals surface area contributed by atoms with Crippen LogP contribution in [0, 0.1) is 0 Å². The number of ether oxygens (including phenoxy) is 2. The van der Waals surface area contributed by atoms with Crippen molar-refractivity contribution in [3.8, 4) is 28.2 Å². The Kier molecular flexibility index (Phi) is 11.5. The van der Waals surface area contributed by atoms with Crippen LogP contribution in [0.2, 0.25) is 0 Å². The molecule has 1 unspecified atom stereocenters. The lowest BCUT2D eigenvalue weighted by Gasteiger charge is -2.26. The van der Waals surface area contributed by atoms with Crippen molar-refractivity contribution in [2.24, 2.45) is 0 Å². The minimum Gasteiger partial charge on any atom is -0.378 e. The summed E-state index contributed by atoms with van der Waals surface area (Å²) >= 11 is 3.57. The number of carbonyl (C=O) groups excluding carboxylic acids is 2. The van der Waals surface area contributed by atoms with Gasteiger partial charge in [0.25, 0.3) is 11.8 Å². The van der Waals surface area contributed by atoms with Crippen LogP contribution in [0.3, 0.4) is 0 Å². The predicted molar refractivity (Wildman–Crippen MR) is 222 cm³/mol. The number of fused-ring (bicyclic) bond motifs is 6. The van der Waals surface area contributed by atoms with E-state index in [-0.39, 0.29) is 11.8 Å². The molecule has 12 nitrogen and oxygen atoms in total. The average molecular weight is 805 g/mol. The lowest BCUT2D eigenvalue weighted by molar-refractivity contribution is 0.0296. The second kappa shape index (κ2) is 17.2. The summed E-state index contributed by atoms with van der Waals surface area (Å²) in [5, 5.41) is 9.80. The van der Waals surface area contributed by atoms with Crippen LogP contribution >= 0.6 is 23.5 Å². The van der Waals surface area contributed by atoms with Crippen molar-refractivity contribution in [2.45, 2.75) is 53.5 Å². The Morgan fingerprint density at radius 2 is 1.30 bits per heavy atom. The molecule has 5 aliphatic heterocycles. The Bertz CT molecular complexity index is 2230. The smallest absolute Gasteiger partial charge is 0.274 e. The number of pyridine rings is 1. The van der Waals surface area contributed by atoms with Crippen molar-refractivity contribution < 1.29 is 19.1 Å². The van der Waals surface area contributed by atoms with E-state index in [1.807, 2.05) is 50.5 Å². The van der Waals surface area contributed by atoms with Gasteiger partial charge in [-0.1, -0.05) is 43.3 Å². The molecule has 3 fully saturated rings. The highest BCUT2D eigenvalue weighted by Crippen LogP contribution is 2.46. The fraction of sp³-hybridized carbons (Fsp3) is 0.419. The second-order valence-corrected chi connectivity index (χ2v) is 16.9. The van der Waals surface area contributed by atoms with E-state index >= 15 is 0 Å². The highest BCUT2D eigenvalue weighted by atomic mass is 32.2. The zero-order valence-electron chi connectivity index (χ0n) is 32.3. The minimum atomic E-state index is -0.0165. The van der Waals surface area contributed by atoms with Gasteiger partial charge in [-0.2, -0.15) is 10.2 Å². The van der Waals surface area contributed by atoms with E-state index in [4.69, 9.17) is 19.7 Å². The number of amides is 2. The van der Waals surface area contributed by atoms with Crippen molar-refractivity contribution >= 4 is 35.3 Å². The number of rotatable bonds is 5. The van der Waals surface area contributed by atoms with E-state index in [2.05, 4.69) is 57.9 Å². The molecule has 0 saturated carbocycles. The fourth-order valence-corrected chi connectivity index (χ4v) is 10.6. The number of nitrogens with zero attached hydrogens (tertiary/aromatic N) is 8. The van der Waals surface area contributed by atoms with Crippen LogP contribution in [0.25, 0.3) is 28.2 Å². The Hall–Kier alpha value is -4.47. The van der Waals surface area contributed by atoms with Crippen molar-refractivity contribution in [3.05, 3.63) is 95.6 Å². The van der Waals surface area contributed by atoms with Gasteiger partial charge in [-0.3, -0.25) is 19.3 Å². The quantitative estimate of drug-likeness (QED) is 0.191. The summed E-state index contributed by atoms with van der Waals surface area (Å²) in [5.41, 5.74) is 8.69. The van der Waals surface area contributed by atoms with Crippen molar-refractivity contribution in [1.29, 1.82) is 0 Å². The summed E-state index contributed by atoms with van der Waals surface area (Å²) in [7, 11) is 0. The van der Waals surface area contributed by atoms with Crippen LogP contribution in [0.4, 0.5) is 0 Å². The predicted octanol–water partition coefficient (Wildman–Crippen LogP) is 6.69. The van der Waals surface area contributed by atoms with Gasteiger partial charge in [-0.05, 0) is 56.6 Å². The molecule has 8 heterocycles. The van der Waals surface area contributed by atoms with Crippen molar-refractivity contribution in [2.75, 3.05) is 72.2 Å². The molecule has 3 aromatic heterocycles. The van der Waals surface area contributed by atoms with E-state index < -0.39 is 0 Å². The number of likely N-dealkylation sites (tertiary alicyclic amines) is 1. The monoisotopic (exact) mass is 804 g/mol. The molecule has 0 bridgehead atoms. The first-order valence-electron chi connectivity index (χ1n) is 20.1. The molecule has 3 saturated heterocycles. The first-order chi connectivity index (χ1) is 28.1. The van der Waals surface area contributed by atoms with E-state index in [1.165, 1.54) is 27.5 Å². The molecule has 0 spiro atoms. The van der Waals surface area contributed by atoms with Crippen LogP contribution in [-0.4, -0.2) is 123 Å². The van der Waals surface area contributed by atoms with E-state index in [0.717, 1.165) is 72.1 Å². The number of hydrogen-bond donors (Lipinski definition) is 0. The van der Waals surface area contributed by atoms with E-state index in [1.54, 1.807) is 24.2 Å². The topological polar surface area (TPSA) is 111 Å². The highest BCUT2D eigenvalue weighted by molar-refractivity contribution is 7.99. The van der Waals surface area contributed by atoms with Crippen LogP contribution in [0.5, 0.6) is 0 Å². The van der Waals surface area contributed by atoms with Gasteiger partial charge in [0.1, 0.15) is 0 Å². The van der Waals surface area contributed by atoms with Gasteiger partial charge in [-0.25, -0.2) is 4.68 Å². The lowest BCUT2D eigenvalue weighted by atomic mass is 10.0. The van der Waals surface area contributed by atoms with Crippen LogP contribution in [-0.2, 0) is 21.0 Å². The van der Waals surface area contributed by atoms with Crippen LogP contribution in [0.15, 0.2) is 82.8 Å². The Morgan fingerprint density at radius 1 is 0.702 bits per heavy atom. The maximum atomic E-state index is 13.4. The van der Waals surface area contributed by atoms with Gasteiger partial charge in [0.15, 0.2) is 11.4 Å². The number of hydrogen-bond acceptors (Lipinski definition) is 10. The maximum Gasteiger partial charge on any atom is 0.274 e. The second-order valence-electron chi connectivity index (χ2n) is 14.8. The Morgan fingerprint density at radius 3 is 1.91 bits per heavy atom. The molecule has 2 aromatic carbocycles. The fourth-order valence-electron chi connectivity index (χ4n) is 8.44. The Balaban J connectivity index is 0.000000149. The van der Waals surface area contributed by atoms with Gasteiger partial charge in [0.2, 0.25) is 0 Å². The molecule has 5 aliphatic rings. The summed E-state index contributed by atoms with van der Waals surface area (Å²) in [6.45, 7) is 10.5. The molecule has 2 amide bonds. The van der Waals surface area contributed by atoms with Crippen LogP contribution in [0.1, 0.15) is 64.3 Å². The van der Waals surface area contributed by atoms with Gasteiger partial charge >= 0.3 is 0 Å². The summed E-state index contributed by atoms with van der Waals surface area (Å²) < 4.78 is 14.9. The minimum absolute atomic E-state index is 0.0165. The lowest BCUT2D eigenvalue weighted by Crippen LogP contribution is -2.41. The highest BCUT2D eigenvalue weighted by Gasteiger charge is 2.35. The molecule has 0 aliphatic carbocycles. The number of carbonyl (C=O) groups is 2. The zero-order chi connectivity index (χ0) is 38.7. The average Bonchev–Trinajstić information content (AvgIpc) is 3.78. The summed E-state index contributed by atoms with van der Waals surface area (Å²) in [6.07, 6.45) is 6.90. The molecular formula is C43H48N8O4S2. The third-order valence-electron chi connectivity index (χ3n) is 11.5. The van der Waals surface area contributed by atoms with Gasteiger partial charge < -0.3 is 24.2 Å². The molecule has 57 heavy (non-hydrogen) atoms. The molecule has 1 atom stereocenters. The number of benzene rings is 2. The third-order valence-corrected chi connectivity index (χ3v) is 13.7. The van der Waals surface area contributed by atoms with Crippen molar-refractivity contribution in [1.82, 2.24) is 39.2 Å². The zero-order valence-corrected chi connectivity index (χ0v) is 34.0. The molecule has 0 radical (unpaired) electrons. The number of morpholine rings is 2. The first kappa shape index (κ1) is 38.1. The summed E-state index contributed by atoms with van der Waals surface area (Å²) in [4.78, 5) is 39.6. The molecular weight excluding hydrogens is 757 g/mol. The Labute approximate surface area is 341 Å². The summed E-state index contributed by atoms with van der Waals surface area (Å²) in [5.74, 6) is 1.60. The number of thioether (sulfide) groups is 2. The number of aromatic nitrogens is 5. The SMILES string of the molecule is CCN1CCCC(n2nc(C(=O)N3CCOCC3)c3c2-c2ccccc2SC3)CC1.O=C(c1nn(-c2cccnc2)c2c1CSc1ccccc1-2)N1CCOCC1. The molecule has 296 valence electrons. The molecule has 5 aromatic rings.